The Balaban J connectivity index is 0.000001000. The van der Waals surface area contributed by atoms with Crippen molar-refractivity contribution in [2.45, 2.75) is 12.8 Å². The number of hydrogen-bond acceptors (Lipinski definition) is 5. The minimum absolute atomic E-state index is 0. The molecule has 1 N–H and O–H groups in total. The topological polar surface area (TPSA) is 65.0 Å². The van der Waals surface area contributed by atoms with Gasteiger partial charge < -0.3 is 0 Å². The van der Waals surface area contributed by atoms with E-state index in [1.165, 1.54) is 0 Å². The van der Waals surface area contributed by atoms with Crippen LogP contribution in [0.3, 0.4) is 0 Å². The Bertz CT molecular complexity index is 139. The van der Waals surface area contributed by atoms with Crippen LogP contribution in [-0.4, -0.2) is 41.5 Å². The van der Waals surface area contributed by atoms with Crippen molar-refractivity contribution in [3.05, 3.63) is 0 Å². The van der Waals surface area contributed by atoms with Crippen molar-refractivity contribution >= 4 is 30.9 Å². The maximum atomic E-state index is 10.9. The molecule has 1 saturated heterocycles. The third-order valence-electron chi connectivity index (χ3n) is 1.14. The predicted octanol–water partition coefficient (Wildman–Crippen LogP) is 0.495. The molecule has 5 nitrogen and oxygen atoms in total. The lowest BCUT2D eigenvalue weighted by Gasteiger charge is -2.08. The summed E-state index contributed by atoms with van der Waals surface area (Å²) >= 11 is 0. The molecule has 0 bridgehead atoms. The minimum Gasteiger partial charge on any atom is -0.285 e. The van der Waals surface area contributed by atoms with Gasteiger partial charge in [-0.05, 0) is 12.8 Å². The van der Waals surface area contributed by atoms with Gasteiger partial charge in [0.05, 0.1) is 13.2 Å². The summed E-state index contributed by atoms with van der Waals surface area (Å²) in [6.45, 7) is 0.607. The fourth-order valence-electron chi connectivity index (χ4n) is 0.641. The van der Waals surface area contributed by atoms with E-state index in [0.29, 0.717) is 13.2 Å². The second kappa shape index (κ2) is 5.48. The number of rotatable bonds is 1. The van der Waals surface area contributed by atoms with Gasteiger partial charge in [0.25, 0.3) is 0 Å². The Morgan fingerprint density at radius 1 is 1.27 bits per heavy atom. The van der Waals surface area contributed by atoms with Gasteiger partial charge in [-0.25, -0.2) is 9.82 Å². The van der Waals surface area contributed by atoms with Gasteiger partial charge in [-0.3, -0.25) is 9.05 Å². The van der Waals surface area contributed by atoms with E-state index in [1.807, 2.05) is 0 Å². The first kappa shape index (κ1) is 11.8. The maximum absolute atomic E-state index is 10.9. The first-order valence-electron chi connectivity index (χ1n) is 2.99. The second-order valence-corrected chi connectivity index (χ2v) is 3.48. The lowest BCUT2D eigenvalue weighted by atomic mass is 10.3. The Hall–Kier alpha value is 0.836. The molecule has 0 unspecified atom stereocenters. The van der Waals surface area contributed by atoms with Crippen LogP contribution < -0.4 is 0 Å². The third kappa shape index (κ3) is 3.84. The largest absolute Gasteiger partial charge is 0.501 e. The molecule has 1 aliphatic heterocycles. The standard InChI is InChI=1S/C4H9O5P.Mg.2H/c5-9-10(6)7-3-1-2-4-8-10;;;/h5H,1-4H2;;;. The highest BCUT2D eigenvalue weighted by Gasteiger charge is 2.28. The molecule has 0 amide bonds. The van der Waals surface area contributed by atoms with E-state index in [1.54, 1.807) is 0 Å². The fourth-order valence-corrected chi connectivity index (χ4v) is 1.52. The SMILES string of the molecule is O=P1(OO)OCCCCO1.[MgH2]. The number of phosphoric acid groups is 1. The van der Waals surface area contributed by atoms with Crippen LogP contribution in [0, 0.1) is 0 Å². The van der Waals surface area contributed by atoms with Gasteiger partial charge >= 0.3 is 30.9 Å². The van der Waals surface area contributed by atoms with Gasteiger partial charge in [-0.2, -0.15) is 0 Å². The highest BCUT2D eigenvalue weighted by molar-refractivity contribution is 7.48. The van der Waals surface area contributed by atoms with Gasteiger partial charge in [-0.1, -0.05) is 0 Å². The van der Waals surface area contributed by atoms with E-state index in [9.17, 15) is 4.57 Å². The summed E-state index contributed by atoms with van der Waals surface area (Å²) in [5.74, 6) is 0. The highest BCUT2D eigenvalue weighted by Crippen LogP contribution is 2.49. The lowest BCUT2D eigenvalue weighted by Crippen LogP contribution is -1.93. The predicted molar refractivity (Wildman–Crippen MR) is 41.0 cm³/mol. The van der Waals surface area contributed by atoms with Crippen LogP contribution >= 0.6 is 7.82 Å². The molecule has 1 rings (SSSR count). The number of phosphoric ester groups is 1. The molecule has 0 aromatic carbocycles. The van der Waals surface area contributed by atoms with Crippen molar-refractivity contribution in [2.24, 2.45) is 0 Å². The van der Waals surface area contributed by atoms with E-state index in [4.69, 9.17) is 5.26 Å². The normalized spacial score (nSPS) is 23.4. The Kier molecular flexibility index (Phi) is 5.89. The minimum atomic E-state index is -3.58. The first-order valence-corrected chi connectivity index (χ1v) is 4.45. The monoisotopic (exact) mass is 194 g/mol. The third-order valence-corrected chi connectivity index (χ3v) is 2.34. The zero-order valence-corrected chi connectivity index (χ0v) is 6.25. The molecule has 0 spiro atoms. The van der Waals surface area contributed by atoms with Crippen molar-refractivity contribution in [3.63, 3.8) is 0 Å². The lowest BCUT2D eigenvalue weighted by molar-refractivity contribution is -0.164. The molecule has 0 aliphatic carbocycles. The van der Waals surface area contributed by atoms with Gasteiger partial charge in [0.15, 0.2) is 0 Å². The van der Waals surface area contributed by atoms with Crippen LogP contribution in [0.25, 0.3) is 0 Å². The molecule has 64 valence electrons. The second-order valence-electron chi connectivity index (χ2n) is 1.90. The van der Waals surface area contributed by atoms with Crippen LogP contribution in [0.5, 0.6) is 0 Å². The average Bonchev–Trinajstić information content (AvgIpc) is 2.15. The average molecular weight is 194 g/mol. The van der Waals surface area contributed by atoms with Crippen LogP contribution in [0.2, 0.25) is 0 Å². The van der Waals surface area contributed by atoms with Gasteiger partial charge in [0.1, 0.15) is 0 Å². The summed E-state index contributed by atoms with van der Waals surface area (Å²) in [4.78, 5) is 0. The van der Waals surface area contributed by atoms with E-state index >= 15 is 0 Å². The van der Waals surface area contributed by atoms with E-state index in [0.717, 1.165) is 12.8 Å². The van der Waals surface area contributed by atoms with Crippen LogP contribution in [0.1, 0.15) is 12.8 Å². The molecule has 1 fully saturated rings. The Morgan fingerprint density at radius 3 is 2.09 bits per heavy atom. The zero-order valence-electron chi connectivity index (χ0n) is 5.36. The number of hydrogen-bond donors (Lipinski definition) is 1. The van der Waals surface area contributed by atoms with Crippen molar-refractivity contribution in [2.75, 3.05) is 13.2 Å². The molecule has 0 radical (unpaired) electrons. The molecule has 1 heterocycles. The fraction of sp³-hybridized carbons (Fsp3) is 1.00. The van der Waals surface area contributed by atoms with Gasteiger partial charge in [0.2, 0.25) is 0 Å². The summed E-state index contributed by atoms with van der Waals surface area (Å²) in [6.07, 6.45) is 1.54. The summed E-state index contributed by atoms with van der Waals surface area (Å²) in [5, 5.41) is 8.06. The first-order chi connectivity index (χ1) is 4.77. The smallest absolute Gasteiger partial charge is 0.285 e. The maximum Gasteiger partial charge on any atom is 0.501 e. The van der Waals surface area contributed by atoms with E-state index < -0.39 is 7.82 Å². The summed E-state index contributed by atoms with van der Waals surface area (Å²) in [7, 11) is -3.58. The molecule has 1 aliphatic rings. The molecule has 0 aromatic heterocycles. The van der Waals surface area contributed by atoms with Crippen molar-refractivity contribution in [1.29, 1.82) is 0 Å². The highest BCUT2D eigenvalue weighted by atomic mass is 31.2. The van der Waals surface area contributed by atoms with Crippen LogP contribution in [0.4, 0.5) is 0 Å². The van der Waals surface area contributed by atoms with Crippen LogP contribution in [-0.2, 0) is 18.3 Å². The van der Waals surface area contributed by atoms with Gasteiger partial charge in [-0.15, -0.1) is 4.67 Å². The molecule has 0 aromatic rings. The van der Waals surface area contributed by atoms with Crippen molar-refractivity contribution in [1.82, 2.24) is 0 Å². The molecular formula is C4H11MgO5P. The summed E-state index contributed by atoms with van der Waals surface area (Å²) in [6, 6.07) is 0. The molecular weight excluding hydrogens is 183 g/mol. The molecule has 0 saturated carbocycles. The summed E-state index contributed by atoms with van der Waals surface area (Å²) in [5.41, 5.74) is 0. The summed E-state index contributed by atoms with van der Waals surface area (Å²) < 4.78 is 23.7. The Labute approximate surface area is 80.7 Å². The van der Waals surface area contributed by atoms with Crippen molar-refractivity contribution < 1.29 is 23.5 Å². The van der Waals surface area contributed by atoms with Crippen LogP contribution in [0.15, 0.2) is 0 Å². The Morgan fingerprint density at radius 2 is 1.73 bits per heavy atom. The molecule has 7 heteroatoms. The molecule has 11 heavy (non-hydrogen) atoms. The van der Waals surface area contributed by atoms with E-state index in [2.05, 4.69) is 13.7 Å². The van der Waals surface area contributed by atoms with Gasteiger partial charge in [0, 0.05) is 0 Å². The van der Waals surface area contributed by atoms with Crippen molar-refractivity contribution in [3.8, 4) is 0 Å². The molecule has 0 atom stereocenters. The van der Waals surface area contributed by atoms with E-state index in [-0.39, 0.29) is 23.1 Å². The zero-order chi connectivity index (χ0) is 7.45. The quantitative estimate of drug-likeness (QED) is 0.285.